The van der Waals surface area contributed by atoms with Gasteiger partial charge in [0, 0.05) is 0 Å². The van der Waals surface area contributed by atoms with E-state index in [1.165, 1.54) is 24.5 Å². The summed E-state index contributed by atoms with van der Waals surface area (Å²) in [5.74, 6) is -2.44. The van der Waals surface area contributed by atoms with Crippen LogP contribution >= 0.6 is 0 Å². The minimum atomic E-state index is -1.19. The van der Waals surface area contributed by atoms with E-state index in [4.69, 9.17) is 14.6 Å². The van der Waals surface area contributed by atoms with Crippen molar-refractivity contribution in [3.8, 4) is 0 Å². The Morgan fingerprint density at radius 1 is 1.08 bits per heavy atom. The lowest BCUT2D eigenvalue weighted by Gasteiger charge is -2.17. The van der Waals surface area contributed by atoms with E-state index >= 15 is 0 Å². The summed E-state index contributed by atoms with van der Waals surface area (Å²) in [4.78, 5) is 34.4. The summed E-state index contributed by atoms with van der Waals surface area (Å²) in [7, 11) is 0. The first-order valence-electron chi connectivity index (χ1n) is 7.08. The van der Waals surface area contributed by atoms with Crippen molar-refractivity contribution in [1.82, 2.24) is 5.32 Å². The highest BCUT2D eigenvalue weighted by Crippen LogP contribution is 2.15. The fourth-order valence-electron chi connectivity index (χ4n) is 2.07. The molecule has 0 spiro atoms. The Bertz CT molecular complexity index is 726. The smallest absolute Gasteiger partial charge is 0.337 e. The molecule has 0 saturated carbocycles. The molecule has 8 heteroatoms. The molecule has 8 nitrogen and oxygen atoms in total. The normalized spacial score (nSPS) is 11.7. The number of hydrogen-bond donors (Lipinski definition) is 4. The van der Waals surface area contributed by atoms with Crippen molar-refractivity contribution in [3.05, 3.63) is 54.0 Å². The number of anilines is 1. The van der Waals surface area contributed by atoms with Crippen molar-refractivity contribution in [2.45, 2.75) is 19.0 Å². The van der Waals surface area contributed by atoms with Crippen molar-refractivity contribution < 1.29 is 29.0 Å². The number of nitrogens with one attached hydrogen (secondary N) is 2. The van der Waals surface area contributed by atoms with E-state index in [0.29, 0.717) is 5.76 Å². The largest absolute Gasteiger partial charge is 0.481 e. The molecule has 0 aliphatic rings. The zero-order valence-electron chi connectivity index (χ0n) is 12.6. The van der Waals surface area contributed by atoms with Crippen LogP contribution < -0.4 is 10.6 Å². The SMILES string of the molecule is O=C(O)CC(NCc1ccco1)C(=O)Nc1ccccc1C(=O)O. The Labute approximate surface area is 137 Å². The molecule has 1 unspecified atom stereocenters. The fourth-order valence-corrected chi connectivity index (χ4v) is 2.07. The van der Waals surface area contributed by atoms with Crippen molar-refractivity contribution in [2.24, 2.45) is 0 Å². The number of carboxylic acids is 2. The van der Waals surface area contributed by atoms with Crippen molar-refractivity contribution >= 4 is 23.5 Å². The third-order valence-corrected chi connectivity index (χ3v) is 3.21. The standard InChI is InChI=1S/C16H16N2O6/c19-14(20)8-13(17-9-10-4-3-7-24-10)15(21)18-12-6-2-1-5-11(12)16(22)23/h1-7,13,17H,8-9H2,(H,18,21)(H,19,20)(H,22,23). The van der Waals surface area contributed by atoms with Crippen molar-refractivity contribution in [2.75, 3.05) is 5.32 Å². The maximum Gasteiger partial charge on any atom is 0.337 e. The van der Waals surface area contributed by atoms with E-state index in [1.807, 2.05) is 0 Å². The average Bonchev–Trinajstić information content (AvgIpc) is 3.04. The van der Waals surface area contributed by atoms with Gasteiger partial charge in [-0.2, -0.15) is 0 Å². The van der Waals surface area contributed by atoms with Crippen LogP contribution in [0.3, 0.4) is 0 Å². The van der Waals surface area contributed by atoms with Gasteiger partial charge in [0.05, 0.1) is 36.5 Å². The van der Waals surface area contributed by atoms with Gasteiger partial charge >= 0.3 is 11.9 Å². The molecule has 1 atom stereocenters. The lowest BCUT2D eigenvalue weighted by Crippen LogP contribution is -2.41. The molecule has 0 fully saturated rings. The molecule has 0 aliphatic carbocycles. The maximum absolute atomic E-state index is 12.3. The number of carbonyl (C=O) groups is 3. The van der Waals surface area contributed by atoms with Gasteiger partial charge in [0.25, 0.3) is 0 Å². The Morgan fingerprint density at radius 3 is 2.46 bits per heavy atom. The Hall–Kier alpha value is -3.13. The van der Waals surface area contributed by atoms with Crippen LogP contribution in [0.15, 0.2) is 47.1 Å². The Morgan fingerprint density at radius 2 is 1.83 bits per heavy atom. The summed E-state index contributed by atoms with van der Waals surface area (Å²) in [6.07, 6.45) is 1.01. The summed E-state index contributed by atoms with van der Waals surface area (Å²) < 4.78 is 5.12. The van der Waals surface area contributed by atoms with Crippen LogP contribution in [0.5, 0.6) is 0 Å². The predicted molar refractivity (Wildman–Crippen MR) is 83.6 cm³/mol. The number of aliphatic carboxylic acids is 1. The monoisotopic (exact) mass is 332 g/mol. The molecule has 2 aromatic rings. The van der Waals surface area contributed by atoms with E-state index in [9.17, 15) is 14.4 Å². The average molecular weight is 332 g/mol. The number of benzene rings is 1. The van der Waals surface area contributed by atoms with E-state index in [-0.39, 0.29) is 17.8 Å². The van der Waals surface area contributed by atoms with Crippen LogP contribution in [-0.2, 0) is 16.1 Å². The molecular formula is C16H16N2O6. The van der Waals surface area contributed by atoms with Crippen LogP contribution in [0.25, 0.3) is 0 Å². The first kappa shape index (κ1) is 17.2. The molecule has 24 heavy (non-hydrogen) atoms. The number of hydrogen-bond acceptors (Lipinski definition) is 5. The minimum absolute atomic E-state index is 0.0778. The quantitative estimate of drug-likeness (QED) is 0.577. The maximum atomic E-state index is 12.3. The van der Waals surface area contributed by atoms with E-state index in [2.05, 4.69) is 10.6 Å². The number of carbonyl (C=O) groups excluding carboxylic acids is 1. The van der Waals surface area contributed by atoms with Crippen LogP contribution in [0.2, 0.25) is 0 Å². The number of para-hydroxylation sites is 1. The van der Waals surface area contributed by atoms with Crippen LogP contribution in [-0.4, -0.2) is 34.1 Å². The van der Waals surface area contributed by atoms with Gasteiger partial charge in [-0.1, -0.05) is 12.1 Å². The minimum Gasteiger partial charge on any atom is -0.481 e. The highest BCUT2D eigenvalue weighted by molar-refractivity contribution is 6.02. The van der Waals surface area contributed by atoms with Gasteiger partial charge < -0.3 is 19.9 Å². The van der Waals surface area contributed by atoms with Gasteiger partial charge in [-0.3, -0.25) is 14.9 Å². The predicted octanol–water partition coefficient (Wildman–Crippen LogP) is 1.55. The summed E-state index contributed by atoms with van der Waals surface area (Å²) in [6.45, 7) is 0.166. The molecule has 0 radical (unpaired) electrons. The highest BCUT2D eigenvalue weighted by atomic mass is 16.4. The summed E-state index contributed by atoms with van der Waals surface area (Å²) >= 11 is 0. The molecule has 1 amide bonds. The molecular weight excluding hydrogens is 316 g/mol. The number of aromatic carboxylic acids is 1. The molecule has 0 saturated heterocycles. The molecule has 0 bridgehead atoms. The second kappa shape index (κ2) is 7.93. The van der Waals surface area contributed by atoms with Crippen LogP contribution in [0.1, 0.15) is 22.5 Å². The number of amides is 1. The van der Waals surface area contributed by atoms with Gasteiger partial charge in [0.2, 0.25) is 5.91 Å². The summed E-state index contributed by atoms with van der Waals surface area (Å²) in [6, 6.07) is 8.20. The van der Waals surface area contributed by atoms with Gasteiger partial charge in [0.1, 0.15) is 5.76 Å². The Kier molecular flexibility index (Phi) is 5.69. The third kappa shape index (κ3) is 4.68. The van der Waals surface area contributed by atoms with E-state index < -0.39 is 30.3 Å². The lowest BCUT2D eigenvalue weighted by molar-refractivity contribution is -0.139. The second-order valence-electron chi connectivity index (χ2n) is 4.95. The fraction of sp³-hybridized carbons (Fsp3) is 0.188. The summed E-state index contributed by atoms with van der Waals surface area (Å²) in [5.41, 5.74) is 0.0242. The molecule has 126 valence electrons. The third-order valence-electron chi connectivity index (χ3n) is 3.21. The number of furan rings is 1. The zero-order valence-corrected chi connectivity index (χ0v) is 12.6. The van der Waals surface area contributed by atoms with Crippen LogP contribution in [0, 0.1) is 0 Å². The van der Waals surface area contributed by atoms with E-state index in [1.54, 1.807) is 18.2 Å². The molecule has 1 heterocycles. The van der Waals surface area contributed by atoms with Crippen molar-refractivity contribution in [1.29, 1.82) is 0 Å². The Balaban J connectivity index is 2.09. The number of rotatable bonds is 8. The topological polar surface area (TPSA) is 129 Å². The molecule has 1 aromatic heterocycles. The molecule has 2 rings (SSSR count). The van der Waals surface area contributed by atoms with Gasteiger partial charge in [-0.15, -0.1) is 0 Å². The number of carboxylic acid groups (broad SMARTS) is 2. The second-order valence-corrected chi connectivity index (χ2v) is 4.95. The van der Waals surface area contributed by atoms with E-state index in [0.717, 1.165) is 0 Å². The lowest BCUT2D eigenvalue weighted by atomic mass is 10.1. The van der Waals surface area contributed by atoms with Crippen LogP contribution in [0.4, 0.5) is 5.69 Å². The molecule has 4 N–H and O–H groups in total. The van der Waals surface area contributed by atoms with Crippen molar-refractivity contribution in [3.63, 3.8) is 0 Å². The molecule has 1 aromatic carbocycles. The van der Waals surface area contributed by atoms with Gasteiger partial charge in [0.15, 0.2) is 0 Å². The highest BCUT2D eigenvalue weighted by Gasteiger charge is 2.23. The zero-order chi connectivity index (χ0) is 17.5. The first-order valence-corrected chi connectivity index (χ1v) is 7.08. The first-order chi connectivity index (χ1) is 11.5. The van der Waals surface area contributed by atoms with Gasteiger partial charge in [-0.25, -0.2) is 4.79 Å². The van der Waals surface area contributed by atoms with Gasteiger partial charge in [-0.05, 0) is 24.3 Å². The molecule has 0 aliphatic heterocycles. The summed E-state index contributed by atoms with van der Waals surface area (Å²) in [5, 5.41) is 23.3.